The van der Waals surface area contributed by atoms with E-state index in [2.05, 4.69) is 10.1 Å². The molecule has 0 amide bonds. The van der Waals surface area contributed by atoms with Crippen molar-refractivity contribution in [1.82, 2.24) is 14.8 Å². The number of rotatable bonds is 1. The summed E-state index contributed by atoms with van der Waals surface area (Å²) in [5.41, 5.74) is 5.03. The van der Waals surface area contributed by atoms with Crippen LogP contribution in [0.15, 0.2) is 6.33 Å². The summed E-state index contributed by atoms with van der Waals surface area (Å²) in [5.74, 6) is 0.0772. The van der Waals surface area contributed by atoms with Crippen LogP contribution in [0.3, 0.4) is 0 Å². The molecule has 0 aromatic carbocycles. The predicted molar refractivity (Wildman–Crippen MR) is 25.5 cm³/mol. The van der Waals surface area contributed by atoms with Gasteiger partial charge in [-0.05, 0) is 0 Å². The lowest BCUT2D eigenvalue weighted by molar-refractivity contribution is 0.540. The Morgan fingerprint density at radius 3 is 2.88 bits per heavy atom. The van der Waals surface area contributed by atoms with E-state index >= 15 is 0 Å². The third-order valence-corrected chi connectivity index (χ3v) is 0.603. The number of nitrogens with zero attached hydrogens (tertiary/aromatic N) is 3. The molecule has 0 bridgehead atoms. The standard InChI is InChI=1S/C3H3N4O/c4-3-5-1-7(2-8)6-3/h1H,(H2,4,6). The Hall–Kier alpha value is -1.39. The molecule has 8 heavy (non-hydrogen) atoms. The van der Waals surface area contributed by atoms with E-state index in [9.17, 15) is 4.79 Å². The summed E-state index contributed by atoms with van der Waals surface area (Å²) in [4.78, 5) is 13.2. The molecule has 1 heterocycles. The molecule has 0 fully saturated rings. The van der Waals surface area contributed by atoms with Crippen LogP contribution in [0.5, 0.6) is 0 Å². The number of hydrogen-bond acceptors (Lipinski definition) is 4. The maximum atomic E-state index is 9.70. The lowest BCUT2D eigenvalue weighted by Gasteiger charge is -1.74. The predicted octanol–water partition coefficient (Wildman–Crippen LogP) is -1.22. The zero-order chi connectivity index (χ0) is 5.98. The number of anilines is 1. The van der Waals surface area contributed by atoms with Gasteiger partial charge in [-0.15, -0.1) is 5.10 Å². The van der Waals surface area contributed by atoms with Gasteiger partial charge in [-0.25, -0.2) is 4.98 Å². The smallest absolute Gasteiger partial charge is 0.340 e. The fraction of sp³-hybridized carbons (Fsp3) is 0. The zero-order valence-electron chi connectivity index (χ0n) is 3.90. The molecule has 5 heteroatoms. The molecule has 1 aromatic heterocycles. The molecule has 0 saturated carbocycles. The first-order chi connectivity index (χ1) is 3.83. The van der Waals surface area contributed by atoms with Gasteiger partial charge in [-0.2, -0.15) is 4.68 Å². The Labute approximate surface area is 45.1 Å². The van der Waals surface area contributed by atoms with Crippen LogP contribution in [0, 0.1) is 0 Å². The van der Waals surface area contributed by atoms with Crippen LogP contribution in [0.4, 0.5) is 5.95 Å². The van der Waals surface area contributed by atoms with Crippen LogP contribution < -0.4 is 5.73 Å². The third-order valence-electron chi connectivity index (χ3n) is 0.603. The molecule has 0 saturated heterocycles. The third kappa shape index (κ3) is 0.651. The van der Waals surface area contributed by atoms with Crippen molar-refractivity contribution in [3.8, 4) is 0 Å². The molecule has 0 atom stereocenters. The molecule has 1 radical (unpaired) electrons. The van der Waals surface area contributed by atoms with Gasteiger partial charge in [0.2, 0.25) is 5.95 Å². The van der Waals surface area contributed by atoms with Crippen molar-refractivity contribution in [1.29, 1.82) is 0 Å². The number of nitrogen functional groups attached to an aromatic ring is 1. The summed E-state index contributed by atoms with van der Waals surface area (Å²) in [5, 5.41) is 3.39. The topological polar surface area (TPSA) is 73.8 Å². The minimum Gasteiger partial charge on any atom is -0.366 e. The molecule has 2 N–H and O–H groups in total. The second kappa shape index (κ2) is 1.61. The first kappa shape index (κ1) is 4.76. The van der Waals surface area contributed by atoms with E-state index in [0.717, 1.165) is 4.68 Å². The highest BCUT2D eigenvalue weighted by Crippen LogP contribution is 1.82. The number of nitrogens with two attached hydrogens (primary N) is 1. The van der Waals surface area contributed by atoms with E-state index < -0.39 is 0 Å². The van der Waals surface area contributed by atoms with E-state index in [1.807, 2.05) is 0 Å². The van der Waals surface area contributed by atoms with Gasteiger partial charge < -0.3 is 5.73 Å². The summed E-state index contributed by atoms with van der Waals surface area (Å²) in [7, 11) is 0. The van der Waals surface area contributed by atoms with Gasteiger partial charge in [0.25, 0.3) is 0 Å². The van der Waals surface area contributed by atoms with Crippen LogP contribution >= 0.6 is 0 Å². The van der Waals surface area contributed by atoms with Crippen molar-refractivity contribution in [2.75, 3.05) is 5.73 Å². The second-order valence-corrected chi connectivity index (χ2v) is 1.14. The fourth-order valence-electron chi connectivity index (χ4n) is 0.320. The normalized spacial score (nSPS) is 9.00. The minimum atomic E-state index is 0.0772. The lowest BCUT2D eigenvalue weighted by Crippen LogP contribution is -1.95. The molecule has 41 valence electrons. The van der Waals surface area contributed by atoms with E-state index in [1.54, 1.807) is 0 Å². The van der Waals surface area contributed by atoms with Gasteiger partial charge in [-0.1, -0.05) is 0 Å². The van der Waals surface area contributed by atoms with Crippen molar-refractivity contribution < 1.29 is 4.79 Å². The molecular formula is C3H3N4O. The Bertz CT molecular complexity index is 193. The summed E-state index contributed by atoms with van der Waals surface area (Å²) in [6.07, 6.45) is 2.64. The van der Waals surface area contributed by atoms with Crippen molar-refractivity contribution in [3.05, 3.63) is 6.33 Å². The number of carbonyl (C=O) groups excluding carboxylic acids is 1. The summed E-state index contributed by atoms with van der Waals surface area (Å²) >= 11 is 0. The van der Waals surface area contributed by atoms with E-state index in [4.69, 9.17) is 5.73 Å². The van der Waals surface area contributed by atoms with Gasteiger partial charge in [-0.3, -0.25) is 4.79 Å². The van der Waals surface area contributed by atoms with Crippen LogP contribution in [-0.4, -0.2) is 21.2 Å². The van der Waals surface area contributed by atoms with Crippen LogP contribution in [0.2, 0.25) is 0 Å². The van der Waals surface area contributed by atoms with Crippen molar-refractivity contribution in [2.45, 2.75) is 0 Å². The van der Waals surface area contributed by atoms with Crippen molar-refractivity contribution >= 4 is 12.4 Å². The Kier molecular flexibility index (Phi) is 0.957. The number of hydrogen-bond donors (Lipinski definition) is 1. The van der Waals surface area contributed by atoms with Crippen molar-refractivity contribution in [2.24, 2.45) is 0 Å². The van der Waals surface area contributed by atoms with Crippen LogP contribution in [0.25, 0.3) is 0 Å². The molecule has 0 unspecified atom stereocenters. The molecular weight excluding hydrogens is 108 g/mol. The largest absolute Gasteiger partial charge is 0.366 e. The van der Waals surface area contributed by atoms with E-state index in [1.165, 1.54) is 12.7 Å². The Balaban J connectivity index is 3.00. The van der Waals surface area contributed by atoms with Gasteiger partial charge in [0, 0.05) is 0 Å². The van der Waals surface area contributed by atoms with Gasteiger partial charge in [0.05, 0.1) is 0 Å². The first-order valence-corrected chi connectivity index (χ1v) is 1.88. The van der Waals surface area contributed by atoms with Gasteiger partial charge >= 0.3 is 6.41 Å². The molecule has 5 nitrogen and oxygen atoms in total. The zero-order valence-corrected chi connectivity index (χ0v) is 3.90. The summed E-state index contributed by atoms with van der Waals surface area (Å²) in [6, 6.07) is 0. The minimum absolute atomic E-state index is 0.0772. The average Bonchev–Trinajstić information content (AvgIpc) is 2.14. The molecule has 1 aromatic rings. The van der Waals surface area contributed by atoms with Crippen LogP contribution in [-0.2, 0) is 4.79 Å². The highest BCUT2D eigenvalue weighted by molar-refractivity contribution is 5.50. The van der Waals surface area contributed by atoms with E-state index in [-0.39, 0.29) is 5.95 Å². The number of aromatic nitrogens is 3. The lowest BCUT2D eigenvalue weighted by atomic mass is 11.1. The van der Waals surface area contributed by atoms with Crippen molar-refractivity contribution in [3.63, 3.8) is 0 Å². The second-order valence-electron chi connectivity index (χ2n) is 1.14. The highest BCUT2D eigenvalue weighted by Gasteiger charge is 1.90. The average molecular weight is 111 g/mol. The monoisotopic (exact) mass is 111 g/mol. The highest BCUT2D eigenvalue weighted by atomic mass is 16.1. The SMILES string of the molecule is Nc1ncn([C]=O)n1. The maximum Gasteiger partial charge on any atom is 0.340 e. The quantitative estimate of drug-likeness (QED) is 0.492. The summed E-state index contributed by atoms with van der Waals surface area (Å²) in [6.45, 7) is 0. The van der Waals surface area contributed by atoms with E-state index in [0.29, 0.717) is 0 Å². The molecule has 0 aliphatic carbocycles. The Morgan fingerprint density at radius 1 is 1.88 bits per heavy atom. The molecule has 0 aliphatic rings. The maximum absolute atomic E-state index is 9.70. The molecule has 1 rings (SSSR count). The summed E-state index contributed by atoms with van der Waals surface area (Å²) < 4.78 is 0.870. The first-order valence-electron chi connectivity index (χ1n) is 1.88. The fourth-order valence-corrected chi connectivity index (χ4v) is 0.320. The van der Waals surface area contributed by atoms with Gasteiger partial charge in [0.15, 0.2) is 0 Å². The molecule has 0 aliphatic heterocycles. The molecule has 0 spiro atoms. The Morgan fingerprint density at radius 2 is 2.62 bits per heavy atom. The van der Waals surface area contributed by atoms with Gasteiger partial charge in [0.1, 0.15) is 6.33 Å². The van der Waals surface area contributed by atoms with Crippen LogP contribution in [0.1, 0.15) is 0 Å².